The van der Waals surface area contributed by atoms with Gasteiger partial charge < -0.3 is 14.4 Å². The molecule has 5 rings (SSSR count). The van der Waals surface area contributed by atoms with Crippen molar-refractivity contribution >= 4 is 22.7 Å². The van der Waals surface area contributed by atoms with Crippen LogP contribution in [0.1, 0.15) is 33.1 Å². The first kappa shape index (κ1) is 19.4. The summed E-state index contributed by atoms with van der Waals surface area (Å²) in [6, 6.07) is 15.5. The van der Waals surface area contributed by atoms with E-state index in [1.54, 1.807) is 17.6 Å². The van der Waals surface area contributed by atoms with Gasteiger partial charge in [0.1, 0.15) is 0 Å². The number of carbonyl (C=O) groups excluding carboxylic acids is 2. The summed E-state index contributed by atoms with van der Waals surface area (Å²) in [5, 5.41) is 10.0. The first-order valence-corrected chi connectivity index (χ1v) is 10.3. The van der Waals surface area contributed by atoms with E-state index in [1.165, 1.54) is 10.9 Å². The van der Waals surface area contributed by atoms with E-state index >= 15 is 0 Å². The third kappa shape index (κ3) is 3.09. The van der Waals surface area contributed by atoms with Crippen molar-refractivity contribution < 1.29 is 14.8 Å². The maximum atomic E-state index is 12.8. The highest BCUT2D eigenvalue weighted by molar-refractivity contribution is 5.93. The molecule has 1 aromatic heterocycles. The molecule has 2 aliphatic heterocycles. The second-order valence-corrected chi connectivity index (χ2v) is 8.28. The molecule has 31 heavy (non-hydrogen) atoms. The largest absolute Gasteiger partial charge is 0.368 e. The molecular weight excluding hydrogens is 392 g/mol. The van der Waals surface area contributed by atoms with Crippen molar-refractivity contribution in [2.24, 2.45) is 0 Å². The van der Waals surface area contributed by atoms with Crippen LogP contribution in [0.4, 0.5) is 0 Å². The predicted molar refractivity (Wildman–Crippen MR) is 117 cm³/mol. The van der Waals surface area contributed by atoms with Crippen LogP contribution in [0.25, 0.3) is 10.9 Å². The van der Waals surface area contributed by atoms with Crippen molar-refractivity contribution in [2.75, 3.05) is 20.1 Å². The van der Waals surface area contributed by atoms with Crippen molar-refractivity contribution in [3.8, 4) is 0 Å². The summed E-state index contributed by atoms with van der Waals surface area (Å²) in [5.41, 5.74) is 7.58. The summed E-state index contributed by atoms with van der Waals surface area (Å²) in [5.74, 6) is -0.344. The molecule has 0 saturated carbocycles. The Bertz CT molecular complexity index is 1210. The van der Waals surface area contributed by atoms with Crippen LogP contribution in [0.15, 0.2) is 60.8 Å². The van der Waals surface area contributed by atoms with Crippen LogP contribution in [-0.2, 0) is 17.9 Å². The van der Waals surface area contributed by atoms with Gasteiger partial charge in [0, 0.05) is 53.9 Å². The van der Waals surface area contributed by atoms with Gasteiger partial charge in [-0.3, -0.25) is 14.8 Å². The normalized spacial score (nSPS) is 18.2. The van der Waals surface area contributed by atoms with E-state index in [9.17, 15) is 9.59 Å². The number of amides is 2. The second kappa shape index (κ2) is 7.28. The van der Waals surface area contributed by atoms with E-state index in [0.29, 0.717) is 31.7 Å². The molecule has 0 aliphatic carbocycles. The van der Waals surface area contributed by atoms with E-state index in [0.717, 1.165) is 22.5 Å². The summed E-state index contributed by atoms with van der Waals surface area (Å²) < 4.78 is 2.27. The average molecular weight is 416 g/mol. The molecule has 7 nitrogen and oxygen atoms in total. The molecule has 158 valence electrons. The maximum Gasteiger partial charge on any atom is 0.274 e. The van der Waals surface area contributed by atoms with E-state index < -0.39 is 5.91 Å². The molecule has 2 amide bonds. The van der Waals surface area contributed by atoms with Crippen LogP contribution < -0.4 is 5.48 Å². The minimum atomic E-state index is -0.534. The fourth-order valence-electron chi connectivity index (χ4n) is 4.82. The molecule has 7 heteroatoms. The third-order valence-corrected chi connectivity index (χ3v) is 6.49. The average Bonchev–Trinajstić information content (AvgIpc) is 3.07. The number of para-hydroxylation sites is 1. The van der Waals surface area contributed by atoms with Gasteiger partial charge in [-0.15, -0.1) is 0 Å². The molecule has 2 N–H and O–H groups in total. The Morgan fingerprint density at radius 3 is 2.65 bits per heavy atom. The molecule has 0 spiro atoms. The van der Waals surface area contributed by atoms with Gasteiger partial charge in [0.25, 0.3) is 5.91 Å². The number of nitrogens with zero attached hydrogens (tertiary/aromatic N) is 3. The number of likely N-dealkylation sites (N-methyl/N-ethyl adjacent to an activating group) is 1. The van der Waals surface area contributed by atoms with Gasteiger partial charge in [0.2, 0.25) is 5.91 Å². The summed E-state index contributed by atoms with van der Waals surface area (Å²) in [6.07, 6.45) is 0. The lowest BCUT2D eigenvalue weighted by Crippen LogP contribution is -2.38. The van der Waals surface area contributed by atoms with E-state index in [2.05, 4.69) is 29.3 Å². The molecule has 1 saturated heterocycles. The number of hydroxylamine groups is 1. The molecular formula is C24H24N4O3. The van der Waals surface area contributed by atoms with Crippen LogP contribution in [0, 0.1) is 0 Å². The van der Waals surface area contributed by atoms with Gasteiger partial charge in [-0.05, 0) is 29.3 Å². The molecule has 2 bridgehead atoms. The Hall–Kier alpha value is -3.58. The van der Waals surface area contributed by atoms with Gasteiger partial charge in [0.15, 0.2) is 0 Å². The van der Waals surface area contributed by atoms with Gasteiger partial charge in [-0.25, -0.2) is 5.48 Å². The molecule has 1 atom stereocenters. The maximum absolute atomic E-state index is 12.8. The number of fused-ring (bicyclic) bond motifs is 6. The molecule has 1 unspecified atom stereocenters. The number of nitrogens with one attached hydrogen (secondary N) is 1. The Kier molecular flexibility index (Phi) is 4.55. The van der Waals surface area contributed by atoms with Crippen LogP contribution in [0.5, 0.6) is 0 Å². The smallest absolute Gasteiger partial charge is 0.274 e. The first-order chi connectivity index (χ1) is 15.0. The topological polar surface area (TPSA) is 77.8 Å². The second-order valence-electron chi connectivity index (χ2n) is 8.28. The predicted octanol–water partition coefficient (Wildman–Crippen LogP) is 2.69. The number of aromatic nitrogens is 1. The monoisotopic (exact) mass is 416 g/mol. The highest BCUT2D eigenvalue weighted by Gasteiger charge is 2.38. The van der Waals surface area contributed by atoms with Crippen molar-refractivity contribution in [1.29, 1.82) is 0 Å². The zero-order valence-corrected chi connectivity index (χ0v) is 17.3. The lowest BCUT2D eigenvalue weighted by molar-refractivity contribution is -0.131. The molecule has 2 aromatic carbocycles. The standard InChI is InChI=1S/C24H24N4O3/c1-15-19-12-27(22(29)14-26(15)2)13-21-23(19)18-5-3-4-6-20(18)28(21)11-16-7-9-17(10-8-16)24(30)25-31/h3-10,19,31H,1,11-14H2,2H3,(H,25,30). The summed E-state index contributed by atoms with van der Waals surface area (Å²) in [7, 11) is 1.94. The number of hydrogen-bond donors (Lipinski definition) is 2. The molecule has 0 radical (unpaired) electrons. The van der Waals surface area contributed by atoms with Crippen molar-refractivity contribution in [3.63, 3.8) is 0 Å². The number of rotatable bonds is 3. The highest BCUT2D eigenvalue weighted by atomic mass is 16.5. The van der Waals surface area contributed by atoms with Gasteiger partial charge in [-0.2, -0.15) is 0 Å². The molecule has 2 aliphatic rings. The van der Waals surface area contributed by atoms with E-state index in [-0.39, 0.29) is 11.8 Å². The number of carbonyl (C=O) groups is 2. The van der Waals surface area contributed by atoms with E-state index in [1.807, 2.05) is 35.0 Å². The number of hydrogen-bond acceptors (Lipinski definition) is 4. The lowest BCUT2D eigenvalue weighted by atomic mass is 9.89. The first-order valence-electron chi connectivity index (χ1n) is 10.3. The SMILES string of the molecule is C=C1C2CN(Cc3c2c2ccccc2n3Cc2ccc(C(=O)NO)cc2)C(=O)CN1C. The highest BCUT2D eigenvalue weighted by Crippen LogP contribution is 2.42. The fourth-order valence-corrected chi connectivity index (χ4v) is 4.82. The lowest BCUT2D eigenvalue weighted by Gasteiger charge is -2.32. The summed E-state index contributed by atoms with van der Waals surface area (Å²) >= 11 is 0. The van der Waals surface area contributed by atoms with Crippen molar-refractivity contribution in [1.82, 2.24) is 19.8 Å². The Labute approximate surface area is 180 Å². The quantitative estimate of drug-likeness (QED) is 0.508. The summed E-state index contributed by atoms with van der Waals surface area (Å²) in [4.78, 5) is 28.3. The van der Waals surface area contributed by atoms with Crippen LogP contribution in [-0.4, -0.2) is 51.5 Å². The van der Waals surface area contributed by atoms with Crippen molar-refractivity contribution in [2.45, 2.75) is 19.0 Å². The number of benzene rings is 2. The Balaban J connectivity index is 1.62. The van der Waals surface area contributed by atoms with Crippen molar-refractivity contribution in [3.05, 3.63) is 83.2 Å². The zero-order valence-electron chi connectivity index (χ0n) is 17.3. The summed E-state index contributed by atoms with van der Waals surface area (Å²) in [6.45, 7) is 6.53. The fraction of sp³-hybridized carbons (Fsp3) is 0.250. The van der Waals surface area contributed by atoms with Crippen LogP contribution in [0.2, 0.25) is 0 Å². The minimum absolute atomic E-state index is 0.0713. The Morgan fingerprint density at radius 2 is 1.90 bits per heavy atom. The van der Waals surface area contributed by atoms with Gasteiger partial charge >= 0.3 is 0 Å². The molecule has 3 aromatic rings. The Morgan fingerprint density at radius 1 is 1.16 bits per heavy atom. The van der Waals surface area contributed by atoms with E-state index in [4.69, 9.17) is 5.21 Å². The van der Waals surface area contributed by atoms with Crippen LogP contribution >= 0.6 is 0 Å². The van der Waals surface area contributed by atoms with Gasteiger partial charge in [0.05, 0.1) is 13.1 Å². The van der Waals surface area contributed by atoms with Gasteiger partial charge in [-0.1, -0.05) is 36.9 Å². The minimum Gasteiger partial charge on any atom is -0.368 e. The molecule has 1 fully saturated rings. The molecule has 3 heterocycles. The third-order valence-electron chi connectivity index (χ3n) is 6.49. The zero-order chi connectivity index (χ0) is 21.7. The van der Waals surface area contributed by atoms with Crippen LogP contribution in [0.3, 0.4) is 0 Å².